The average Bonchev–Trinajstić information content (AvgIpc) is 0. The van der Waals surface area contributed by atoms with E-state index in [1.165, 1.54) is 0 Å². The zero-order valence-corrected chi connectivity index (χ0v) is 2.96. The topological polar surface area (TPSA) is 0 Å². The van der Waals surface area contributed by atoms with E-state index in [0.29, 0.717) is 0 Å². The van der Waals surface area contributed by atoms with Gasteiger partial charge in [0.1, 0.15) is 0 Å². The quantitative estimate of drug-likeness (QED) is 0.333. The largest absolute Gasteiger partial charge is 0.316 e. The van der Waals surface area contributed by atoms with Crippen LogP contribution in [0.25, 0.3) is 0 Å². The molecule has 0 rings (SSSR count). The third-order valence-electron chi connectivity index (χ3n) is 0. The van der Waals surface area contributed by atoms with Gasteiger partial charge in [-0.05, 0) is 0 Å². The normalized spacial score (nSPS) is 0. The van der Waals surface area contributed by atoms with Crippen LogP contribution in [0.2, 0.25) is 0 Å². The second kappa shape index (κ2) is 22.3. The molecule has 0 heterocycles. The molecule has 0 saturated carbocycles. The molecule has 0 atom stereocenters. The molecule has 26 valence electrons. The van der Waals surface area contributed by atoms with Crippen molar-refractivity contribution in [2.45, 2.75) is 0 Å². The molecular weight excluding hydrogens is 123 g/mol. The summed E-state index contributed by atoms with van der Waals surface area (Å²) in [6.45, 7) is 0. The Morgan fingerprint density at radius 2 is 1.00 bits per heavy atom. The van der Waals surface area contributed by atoms with Crippen LogP contribution in [0, 0.1) is 0 Å². The van der Waals surface area contributed by atoms with Crippen molar-refractivity contribution >= 4 is 45.0 Å². The molecule has 0 aliphatic rings. The van der Waals surface area contributed by atoms with Crippen molar-refractivity contribution in [1.29, 1.82) is 0 Å². The van der Waals surface area contributed by atoms with Crippen LogP contribution in [-0.4, -0.2) is 31.5 Å². The zero-order chi connectivity index (χ0) is 0. The second-order valence-corrected chi connectivity index (χ2v) is 0. The van der Waals surface area contributed by atoms with Gasteiger partial charge >= 0.3 is 23.1 Å². The number of rotatable bonds is 0. The van der Waals surface area contributed by atoms with Gasteiger partial charge in [-0.15, -0.1) is 0 Å². The van der Waals surface area contributed by atoms with Crippen molar-refractivity contribution < 1.29 is 17.1 Å². The predicted molar refractivity (Wildman–Crippen MR) is 28.9 cm³/mol. The minimum absolute atomic E-state index is 0. The van der Waals surface area contributed by atoms with Gasteiger partial charge in [-0.2, -0.15) is 13.5 Å². The maximum atomic E-state index is 0. The molecule has 0 spiro atoms. The fraction of sp³-hybridized carbons (Fsp3) is 0. The Labute approximate surface area is 61.7 Å². The SMILES string of the molecule is B.S.[Fe].[MgH2]. The number of hydrogen-bond acceptors (Lipinski definition) is 0. The molecular formula is H7BFeMgS. The van der Waals surface area contributed by atoms with Gasteiger partial charge in [0, 0.05) is 17.1 Å². The minimum Gasteiger partial charge on any atom is -0.197 e. The maximum absolute atomic E-state index is 0. The summed E-state index contributed by atoms with van der Waals surface area (Å²) in [6, 6.07) is 0. The molecule has 4 heteroatoms. The van der Waals surface area contributed by atoms with Gasteiger partial charge in [-0.1, -0.05) is 0 Å². The first-order valence-corrected chi connectivity index (χ1v) is 0. The van der Waals surface area contributed by atoms with Crippen LogP contribution >= 0.6 is 13.5 Å². The molecule has 0 saturated heterocycles. The summed E-state index contributed by atoms with van der Waals surface area (Å²) >= 11 is 0. The third kappa shape index (κ3) is 9.33. The van der Waals surface area contributed by atoms with Crippen molar-refractivity contribution in [3.05, 3.63) is 0 Å². The Kier molecular flexibility index (Phi) is 242. The summed E-state index contributed by atoms with van der Waals surface area (Å²) < 4.78 is 0. The average molecular weight is 130 g/mol. The molecule has 0 nitrogen and oxygen atoms in total. The van der Waals surface area contributed by atoms with Gasteiger partial charge in [0.25, 0.3) is 0 Å². The van der Waals surface area contributed by atoms with Gasteiger partial charge in [0.05, 0.1) is 8.41 Å². The Morgan fingerprint density at radius 1 is 1.00 bits per heavy atom. The second-order valence-electron chi connectivity index (χ2n) is 0. The van der Waals surface area contributed by atoms with E-state index in [4.69, 9.17) is 0 Å². The van der Waals surface area contributed by atoms with Crippen LogP contribution in [0.4, 0.5) is 0 Å². The van der Waals surface area contributed by atoms with Crippen molar-refractivity contribution in [2.75, 3.05) is 0 Å². The molecule has 0 radical (unpaired) electrons. The maximum Gasteiger partial charge on any atom is 0.316 e. The van der Waals surface area contributed by atoms with E-state index in [1.54, 1.807) is 0 Å². The van der Waals surface area contributed by atoms with Crippen LogP contribution in [0.15, 0.2) is 0 Å². The third-order valence-corrected chi connectivity index (χ3v) is 0. The zero-order valence-electron chi connectivity index (χ0n) is 0.854. The van der Waals surface area contributed by atoms with Crippen LogP contribution in [0.3, 0.4) is 0 Å². The fourth-order valence-corrected chi connectivity index (χ4v) is 0. The smallest absolute Gasteiger partial charge is 0.197 e. The van der Waals surface area contributed by atoms with Crippen LogP contribution in [0.5, 0.6) is 0 Å². The summed E-state index contributed by atoms with van der Waals surface area (Å²) in [5.41, 5.74) is 0. The fourth-order valence-electron chi connectivity index (χ4n) is 0. The van der Waals surface area contributed by atoms with E-state index in [-0.39, 0.29) is 62.0 Å². The minimum atomic E-state index is 0. The molecule has 0 aliphatic carbocycles. The Hall–Kier alpha value is 1.70. The van der Waals surface area contributed by atoms with Crippen LogP contribution in [-0.2, 0) is 17.1 Å². The molecule has 0 unspecified atom stereocenters. The van der Waals surface area contributed by atoms with Gasteiger partial charge in [-0.25, -0.2) is 0 Å². The van der Waals surface area contributed by atoms with E-state index < -0.39 is 0 Å². The summed E-state index contributed by atoms with van der Waals surface area (Å²) in [5, 5.41) is 0. The van der Waals surface area contributed by atoms with E-state index >= 15 is 0 Å². The monoisotopic (exact) mass is 130 g/mol. The molecule has 0 aromatic rings. The van der Waals surface area contributed by atoms with Crippen LogP contribution in [0.1, 0.15) is 0 Å². The number of hydrogen-bond donors (Lipinski definition) is 0. The molecule has 0 aliphatic heterocycles. The molecule has 0 bridgehead atoms. The first-order chi connectivity index (χ1) is 0. The van der Waals surface area contributed by atoms with Crippen molar-refractivity contribution in [2.24, 2.45) is 0 Å². The van der Waals surface area contributed by atoms with Gasteiger partial charge in [-0.3, -0.25) is 0 Å². The molecule has 4 heavy (non-hydrogen) atoms. The summed E-state index contributed by atoms with van der Waals surface area (Å²) in [6.07, 6.45) is 0. The van der Waals surface area contributed by atoms with E-state index in [1.807, 2.05) is 0 Å². The Balaban J connectivity index is 0. The standard InChI is InChI=1S/BH3.Fe.Mg.H2S.2H/h1H3;;;1H2;;. The van der Waals surface area contributed by atoms with Crippen molar-refractivity contribution in [3.8, 4) is 0 Å². The predicted octanol–water partition coefficient (Wildman–Crippen LogP) is -1.99. The first kappa shape index (κ1) is 43.6. The first-order valence-electron chi connectivity index (χ1n) is 0. The van der Waals surface area contributed by atoms with Crippen molar-refractivity contribution in [3.63, 3.8) is 0 Å². The van der Waals surface area contributed by atoms with Gasteiger partial charge < -0.3 is 0 Å². The van der Waals surface area contributed by atoms with Crippen LogP contribution < -0.4 is 0 Å². The molecule has 0 amide bonds. The van der Waals surface area contributed by atoms with Gasteiger partial charge in [0.2, 0.25) is 0 Å². The van der Waals surface area contributed by atoms with Gasteiger partial charge in [0.15, 0.2) is 0 Å². The molecule has 0 aromatic heterocycles. The van der Waals surface area contributed by atoms with Crippen molar-refractivity contribution in [1.82, 2.24) is 0 Å². The summed E-state index contributed by atoms with van der Waals surface area (Å²) in [7, 11) is 0. The summed E-state index contributed by atoms with van der Waals surface area (Å²) in [4.78, 5) is 0. The Bertz CT molecular complexity index is 8.00. The molecule has 0 aromatic carbocycles. The van der Waals surface area contributed by atoms with E-state index in [2.05, 4.69) is 0 Å². The molecule has 0 fully saturated rings. The summed E-state index contributed by atoms with van der Waals surface area (Å²) in [5.74, 6) is 0. The Morgan fingerprint density at radius 3 is 1.00 bits per heavy atom. The van der Waals surface area contributed by atoms with E-state index in [0.717, 1.165) is 0 Å². The molecule has 0 N–H and O–H groups in total. The van der Waals surface area contributed by atoms with E-state index in [9.17, 15) is 0 Å².